The van der Waals surface area contributed by atoms with E-state index in [4.69, 9.17) is 9.47 Å². The van der Waals surface area contributed by atoms with Crippen LogP contribution < -0.4 is 10.1 Å². The number of nitrogens with zero attached hydrogens (tertiary/aromatic N) is 1. The third-order valence-corrected chi connectivity index (χ3v) is 5.12. The highest BCUT2D eigenvalue weighted by Crippen LogP contribution is 2.18. The van der Waals surface area contributed by atoms with Gasteiger partial charge in [-0.3, -0.25) is 9.59 Å². The quantitative estimate of drug-likeness (QED) is 0.745. The van der Waals surface area contributed by atoms with Crippen LogP contribution in [0.1, 0.15) is 24.0 Å². The molecule has 1 aliphatic rings. The summed E-state index contributed by atoms with van der Waals surface area (Å²) in [6.45, 7) is 2.29. The molecule has 29 heavy (non-hydrogen) atoms. The van der Waals surface area contributed by atoms with Gasteiger partial charge in [-0.05, 0) is 36.1 Å². The highest BCUT2D eigenvalue weighted by Gasteiger charge is 2.27. The fourth-order valence-corrected chi connectivity index (χ4v) is 3.40. The predicted octanol–water partition coefficient (Wildman–Crippen LogP) is 2.77. The molecule has 2 aromatic rings. The van der Waals surface area contributed by atoms with Gasteiger partial charge in [0.25, 0.3) is 5.91 Å². The van der Waals surface area contributed by atoms with Gasteiger partial charge in [0.2, 0.25) is 5.91 Å². The van der Waals surface area contributed by atoms with Crippen LogP contribution in [0.15, 0.2) is 54.6 Å². The molecular weight excluding hydrogens is 368 g/mol. The standard InChI is InChI=1S/C23H28N2O4/c1-28-16-19-9-7-18(8-10-19)15-24-23(27)20-11-13-25(14-12-20)22(26)17-29-21-5-3-2-4-6-21/h2-10,20H,11-17H2,1H3,(H,24,27). The summed E-state index contributed by atoms with van der Waals surface area (Å²) in [7, 11) is 1.67. The fraction of sp³-hybridized carbons (Fsp3) is 0.391. The average molecular weight is 396 g/mol. The molecule has 0 atom stereocenters. The molecule has 3 rings (SSSR count). The summed E-state index contributed by atoms with van der Waals surface area (Å²) in [5.41, 5.74) is 2.17. The summed E-state index contributed by atoms with van der Waals surface area (Å²) in [5.74, 6) is 0.648. The van der Waals surface area contributed by atoms with E-state index >= 15 is 0 Å². The second-order valence-electron chi connectivity index (χ2n) is 7.22. The number of hydrogen-bond donors (Lipinski definition) is 1. The molecule has 2 aromatic carbocycles. The van der Waals surface area contributed by atoms with Crippen LogP contribution in [0.3, 0.4) is 0 Å². The van der Waals surface area contributed by atoms with Crippen molar-refractivity contribution in [1.82, 2.24) is 10.2 Å². The molecule has 0 saturated carbocycles. The van der Waals surface area contributed by atoms with Crippen LogP contribution >= 0.6 is 0 Å². The van der Waals surface area contributed by atoms with Crippen molar-refractivity contribution in [3.8, 4) is 5.75 Å². The lowest BCUT2D eigenvalue weighted by atomic mass is 9.95. The van der Waals surface area contributed by atoms with Crippen molar-refractivity contribution in [3.05, 3.63) is 65.7 Å². The summed E-state index contributed by atoms with van der Waals surface area (Å²) in [5, 5.41) is 3.01. The van der Waals surface area contributed by atoms with E-state index in [1.165, 1.54) is 0 Å². The molecule has 1 aliphatic heterocycles. The zero-order valence-corrected chi connectivity index (χ0v) is 16.8. The number of likely N-dealkylation sites (tertiary alicyclic amines) is 1. The van der Waals surface area contributed by atoms with Gasteiger partial charge in [0, 0.05) is 32.7 Å². The molecule has 1 N–H and O–H groups in total. The normalized spacial score (nSPS) is 14.4. The van der Waals surface area contributed by atoms with Crippen molar-refractivity contribution < 1.29 is 19.1 Å². The maximum Gasteiger partial charge on any atom is 0.260 e. The van der Waals surface area contributed by atoms with E-state index in [2.05, 4.69) is 5.32 Å². The highest BCUT2D eigenvalue weighted by molar-refractivity contribution is 5.80. The summed E-state index contributed by atoms with van der Waals surface area (Å²) in [6, 6.07) is 17.3. The number of ether oxygens (including phenoxy) is 2. The van der Waals surface area contributed by atoms with E-state index in [9.17, 15) is 9.59 Å². The summed E-state index contributed by atoms with van der Waals surface area (Å²) >= 11 is 0. The Kier molecular flexibility index (Phi) is 7.64. The highest BCUT2D eigenvalue weighted by atomic mass is 16.5. The van der Waals surface area contributed by atoms with Crippen molar-refractivity contribution in [3.63, 3.8) is 0 Å². The van der Waals surface area contributed by atoms with Crippen LogP contribution in [0.2, 0.25) is 0 Å². The van der Waals surface area contributed by atoms with Crippen LogP contribution in [0.4, 0.5) is 0 Å². The Morgan fingerprint density at radius 2 is 1.66 bits per heavy atom. The molecule has 0 aromatic heterocycles. The van der Waals surface area contributed by atoms with E-state index in [0.717, 1.165) is 11.1 Å². The number of hydrogen-bond acceptors (Lipinski definition) is 4. The van der Waals surface area contributed by atoms with Crippen molar-refractivity contribution in [2.45, 2.75) is 26.0 Å². The predicted molar refractivity (Wildman–Crippen MR) is 110 cm³/mol. The minimum Gasteiger partial charge on any atom is -0.484 e. The minimum absolute atomic E-state index is 0.0277. The lowest BCUT2D eigenvalue weighted by molar-refractivity contribution is -0.137. The van der Waals surface area contributed by atoms with Gasteiger partial charge >= 0.3 is 0 Å². The number of nitrogens with one attached hydrogen (secondary N) is 1. The molecule has 0 unspecified atom stereocenters. The zero-order chi connectivity index (χ0) is 20.5. The van der Waals surface area contributed by atoms with Gasteiger partial charge in [0.1, 0.15) is 5.75 Å². The number of para-hydroxylation sites is 1. The Morgan fingerprint density at radius 1 is 1.00 bits per heavy atom. The molecule has 1 saturated heterocycles. The molecule has 6 heteroatoms. The first-order chi connectivity index (χ1) is 14.2. The number of benzene rings is 2. The molecule has 1 fully saturated rings. The molecule has 6 nitrogen and oxygen atoms in total. The second-order valence-corrected chi connectivity index (χ2v) is 7.22. The van der Waals surface area contributed by atoms with Gasteiger partial charge in [0.15, 0.2) is 6.61 Å². The molecule has 2 amide bonds. The van der Waals surface area contributed by atoms with Crippen LogP contribution in [0, 0.1) is 5.92 Å². The molecule has 0 bridgehead atoms. The lowest BCUT2D eigenvalue weighted by Gasteiger charge is -2.31. The van der Waals surface area contributed by atoms with E-state index in [1.807, 2.05) is 54.6 Å². The first-order valence-corrected chi connectivity index (χ1v) is 9.96. The Hall–Kier alpha value is -2.86. The first kappa shape index (κ1) is 20.9. The monoisotopic (exact) mass is 396 g/mol. The largest absolute Gasteiger partial charge is 0.484 e. The fourth-order valence-electron chi connectivity index (χ4n) is 3.40. The molecule has 0 radical (unpaired) electrons. The Morgan fingerprint density at radius 3 is 2.31 bits per heavy atom. The van der Waals surface area contributed by atoms with Crippen LogP contribution in [0.25, 0.3) is 0 Å². The van der Waals surface area contributed by atoms with Crippen molar-refractivity contribution in [1.29, 1.82) is 0 Å². The van der Waals surface area contributed by atoms with Crippen LogP contribution in [-0.2, 0) is 27.5 Å². The smallest absolute Gasteiger partial charge is 0.260 e. The van der Waals surface area contributed by atoms with Gasteiger partial charge in [-0.2, -0.15) is 0 Å². The SMILES string of the molecule is COCc1ccc(CNC(=O)C2CCN(C(=O)COc3ccccc3)CC2)cc1. The van der Waals surface area contributed by atoms with E-state index < -0.39 is 0 Å². The van der Waals surface area contributed by atoms with Gasteiger partial charge in [-0.25, -0.2) is 0 Å². The first-order valence-electron chi connectivity index (χ1n) is 9.96. The van der Waals surface area contributed by atoms with Gasteiger partial charge in [0.05, 0.1) is 6.61 Å². The van der Waals surface area contributed by atoms with Gasteiger partial charge < -0.3 is 19.7 Å². The topological polar surface area (TPSA) is 67.9 Å². The maximum atomic E-state index is 12.5. The number of carbonyl (C=O) groups is 2. The molecule has 1 heterocycles. The van der Waals surface area contributed by atoms with Crippen LogP contribution in [0.5, 0.6) is 5.75 Å². The van der Waals surface area contributed by atoms with E-state index in [1.54, 1.807) is 12.0 Å². The molecule has 0 aliphatic carbocycles. The van der Waals surface area contributed by atoms with Gasteiger partial charge in [-0.15, -0.1) is 0 Å². The zero-order valence-electron chi connectivity index (χ0n) is 16.8. The van der Waals surface area contributed by atoms with E-state index in [0.29, 0.717) is 44.8 Å². The molecular formula is C23H28N2O4. The van der Waals surface area contributed by atoms with Crippen molar-refractivity contribution in [2.75, 3.05) is 26.8 Å². The summed E-state index contributed by atoms with van der Waals surface area (Å²) in [4.78, 5) is 26.6. The minimum atomic E-state index is -0.0538. The Labute approximate surface area is 171 Å². The van der Waals surface area contributed by atoms with Crippen molar-refractivity contribution >= 4 is 11.8 Å². The number of piperidine rings is 1. The molecule has 0 spiro atoms. The number of amides is 2. The average Bonchev–Trinajstić information content (AvgIpc) is 2.78. The number of rotatable bonds is 8. The lowest BCUT2D eigenvalue weighted by Crippen LogP contribution is -2.44. The summed E-state index contributed by atoms with van der Waals surface area (Å²) < 4.78 is 10.6. The maximum absolute atomic E-state index is 12.5. The van der Waals surface area contributed by atoms with Gasteiger partial charge in [-0.1, -0.05) is 42.5 Å². The Balaban J connectivity index is 1.38. The van der Waals surface area contributed by atoms with E-state index in [-0.39, 0.29) is 24.3 Å². The third-order valence-electron chi connectivity index (χ3n) is 5.12. The van der Waals surface area contributed by atoms with Crippen LogP contribution in [-0.4, -0.2) is 43.5 Å². The number of carbonyl (C=O) groups excluding carboxylic acids is 2. The second kappa shape index (κ2) is 10.6. The van der Waals surface area contributed by atoms with Crippen molar-refractivity contribution in [2.24, 2.45) is 5.92 Å². The molecule has 154 valence electrons. The summed E-state index contributed by atoms with van der Waals surface area (Å²) in [6.07, 6.45) is 1.35. The Bertz CT molecular complexity index is 784. The third kappa shape index (κ3) is 6.32. The number of methoxy groups -OCH3 is 1.